The molecule has 2 aromatic carbocycles. The molecule has 142 valence electrons. The average molecular weight is 397 g/mol. The maximum Gasteiger partial charge on any atom is 0.340 e. The molecule has 0 radical (unpaired) electrons. The van der Waals surface area contributed by atoms with Gasteiger partial charge < -0.3 is 9.47 Å². The van der Waals surface area contributed by atoms with Crippen molar-refractivity contribution in [1.29, 1.82) is 0 Å². The third-order valence-electron chi connectivity index (χ3n) is 4.06. The molecule has 0 fully saturated rings. The Kier molecular flexibility index (Phi) is 5.51. The van der Waals surface area contributed by atoms with Crippen molar-refractivity contribution in [2.75, 3.05) is 14.2 Å². The second-order valence-electron chi connectivity index (χ2n) is 5.66. The minimum Gasteiger partial charge on any atom is -0.465 e. The molecule has 7 nitrogen and oxygen atoms in total. The van der Waals surface area contributed by atoms with Gasteiger partial charge in [0.05, 0.1) is 40.0 Å². The van der Waals surface area contributed by atoms with Crippen LogP contribution in [0.3, 0.4) is 0 Å². The lowest BCUT2D eigenvalue weighted by Crippen LogP contribution is -2.11. The highest BCUT2D eigenvalue weighted by Gasteiger charge is 2.30. The predicted molar refractivity (Wildman–Crippen MR) is 105 cm³/mol. The third-order valence-corrected chi connectivity index (χ3v) is 5.35. The first-order chi connectivity index (χ1) is 13.5. The Morgan fingerprint density at radius 3 is 1.71 bits per heavy atom. The highest BCUT2D eigenvalue weighted by Crippen LogP contribution is 2.43. The van der Waals surface area contributed by atoms with E-state index in [0.29, 0.717) is 15.3 Å². The smallest absolute Gasteiger partial charge is 0.340 e. The number of esters is 2. The van der Waals surface area contributed by atoms with Crippen LogP contribution in [0.15, 0.2) is 54.6 Å². The van der Waals surface area contributed by atoms with Gasteiger partial charge in [-0.15, -0.1) is 11.3 Å². The van der Waals surface area contributed by atoms with Crippen LogP contribution >= 0.6 is 11.3 Å². The largest absolute Gasteiger partial charge is 0.465 e. The SMILES string of the molecule is COC(=O)c1c(-c2ccccc2)sc(-c2ccc([N+](=O)[O-])cc2)c1C(=O)OC. The van der Waals surface area contributed by atoms with Crippen LogP contribution in [0.2, 0.25) is 0 Å². The molecule has 0 atom stereocenters. The van der Waals surface area contributed by atoms with E-state index in [1.165, 1.54) is 49.8 Å². The Morgan fingerprint density at radius 1 is 0.821 bits per heavy atom. The molecular formula is C20H15NO6S. The zero-order valence-corrected chi connectivity index (χ0v) is 15.8. The number of non-ortho nitro benzene ring substituents is 1. The van der Waals surface area contributed by atoms with Gasteiger partial charge in [-0.25, -0.2) is 9.59 Å². The van der Waals surface area contributed by atoms with E-state index in [2.05, 4.69) is 0 Å². The number of thiophene rings is 1. The fraction of sp³-hybridized carbons (Fsp3) is 0.100. The van der Waals surface area contributed by atoms with Crippen LogP contribution in [0, 0.1) is 10.1 Å². The predicted octanol–water partition coefficient (Wildman–Crippen LogP) is 4.56. The molecule has 1 aromatic heterocycles. The van der Waals surface area contributed by atoms with Gasteiger partial charge in [-0.1, -0.05) is 30.3 Å². The summed E-state index contributed by atoms with van der Waals surface area (Å²) >= 11 is 1.22. The van der Waals surface area contributed by atoms with Gasteiger partial charge in [0, 0.05) is 12.1 Å². The number of methoxy groups -OCH3 is 2. The molecule has 0 saturated carbocycles. The summed E-state index contributed by atoms with van der Waals surface area (Å²) in [5.41, 5.74) is 1.41. The highest BCUT2D eigenvalue weighted by molar-refractivity contribution is 7.19. The van der Waals surface area contributed by atoms with Crippen molar-refractivity contribution in [1.82, 2.24) is 0 Å². The molecule has 0 aliphatic rings. The number of nitro groups is 1. The number of ether oxygens (including phenoxy) is 2. The van der Waals surface area contributed by atoms with E-state index < -0.39 is 16.9 Å². The Balaban J connectivity index is 2.30. The number of nitrogens with zero attached hydrogens (tertiary/aromatic N) is 1. The second-order valence-corrected chi connectivity index (χ2v) is 6.68. The standard InChI is InChI=1S/C20H15NO6S/c1-26-19(22)15-16(20(23)27-2)18(13-8-10-14(11-9-13)21(24)25)28-17(15)12-6-4-3-5-7-12/h3-11H,1-2H3. The monoisotopic (exact) mass is 397 g/mol. The normalized spacial score (nSPS) is 10.4. The van der Waals surface area contributed by atoms with E-state index in [9.17, 15) is 19.7 Å². The molecule has 8 heteroatoms. The number of nitro benzene ring substituents is 1. The van der Waals surface area contributed by atoms with Crippen LogP contribution in [0.1, 0.15) is 20.7 Å². The van der Waals surface area contributed by atoms with Gasteiger partial charge >= 0.3 is 11.9 Å². The first kappa shape index (κ1) is 19.2. The lowest BCUT2D eigenvalue weighted by atomic mass is 10.0. The number of benzene rings is 2. The summed E-state index contributed by atoms with van der Waals surface area (Å²) < 4.78 is 9.80. The molecule has 0 unspecified atom stereocenters. The zero-order chi connectivity index (χ0) is 20.3. The maximum atomic E-state index is 12.5. The van der Waals surface area contributed by atoms with Crippen molar-refractivity contribution in [3.63, 3.8) is 0 Å². The van der Waals surface area contributed by atoms with Crippen molar-refractivity contribution in [2.45, 2.75) is 0 Å². The lowest BCUT2D eigenvalue weighted by Gasteiger charge is -2.06. The fourth-order valence-corrected chi connectivity index (χ4v) is 4.04. The summed E-state index contributed by atoms with van der Waals surface area (Å²) in [4.78, 5) is 36.5. The lowest BCUT2D eigenvalue weighted by molar-refractivity contribution is -0.384. The number of carbonyl (C=O) groups excluding carboxylic acids is 2. The van der Waals surface area contributed by atoms with E-state index in [0.717, 1.165) is 5.56 Å². The summed E-state index contributed by atoms with van der Waals surface area (Å²) in [6, 6.07) is 14.9. The summed E-state index contributed by atoms with van der Waals surface area (Å²) in [6.07, 6.45) is 0. The summed E-state index contributed by atoms with van der Waals surface area (Å²) in [6.45, 7) is 0. The van der Waals surface area contributed by atoms with Gasteiger partial charge in [-0.3, -0.25) is 10.1 Å². The Morgan fingerprint density at radius 2 is 1.29 bits per heavy atom. The molecule has 0 N–H and O–H groups in total. The average Bonchev–Trinajstić information content (AvgIpc) is 3.14. The van der Waals surface area contributed by atoms with Gasteiger partial charge in [-0.05, 0) is 23.3 Å². The number of hydrogen-bond acceptors (Lipinski definition) is 7. The van der Waals surface area contributed by atoms with Crippen LogP contribution in [0.25, 0.3) is 20.9 Å². The van der Waals surface area contributed by atoms with Crippen molar-refractivity contribution in [2.24, 2.45) is 0 Å². The van der Waals surface area contributed by atoms with Gasteiger partial charge in [0.2, 0.25) is 0 Å². The van der Waals surface area contributed by atoms with Crippen LogP contribution in [-0.2, 0) is 9.47 Å². The second kappa shape index (κ2) is 8.01. The number of hydrogen-bond donors (Lipinski definition) is 0. The third kappa shape index (κ3) is 3.49. The van der Waals surface area contributed by atoms with Gasteiger partial charge in [0.15, 0.2) is 0 Å². The van der Waals surface area contributed by atoms with Crippen molar-refractivity contribution in [3.8, 4) is 20.9 Å². The minimum atomic E-state index is -0.688. The summed E-state index contributed by atoms with van der Waals surface area (Å²) in [5, 5.41) is 10.9. The molecular weight excluding hydrogens is 382 g/mol. The molecule has 0 amide bonds. The van der Waals surface area contributed by atoms with E-state index >= 15 is 0 Å². The van der Waals surface area contributed by atoms with E-state index in [1.807, 2.05) is 30.3 Å². The van der Waals surface area contributed by atoms with E-state index in [1.54, 1.807) is 0 Å². The van der Waals surface area contributed by atoms with Crippen molar-refractivity contribution >= 4 is 29.0 Å². The molecule has 1 heterocycles. The van der Waals surface area contributed by atoms with Gasteiger partial charge in [0.1, 0.15) is 0 Å². The molecule has 28 heavy (non-hydrogen) atoms. The zero-order valence-electron chi connectivity index (χ0n) is 15.0. The van der Waals surface area contributed by atoms with Crippen molar-refractivity contribution in [3.05, 3.63) is 75.8 Å². The minimum absolute atomic E-state index is 0.0728. The molecule has 0 aliphatic heterocycles. The first-order valence-electron chi connectivity index (χ1n) is 8.11. The molecule has 3 aromatic rings. The Labute approximate surface area is 164 Å². The van der Waals surface area contributed by atoms with Crippen LogP contribution in [0.5, 0.6) is 0 Å². The molecule has 0 bridgehead atoms. The van der Waals surface area contributed by atoms with Gasteiger partial charge in [0.25, 0.3) is 5.69 Å². The Hall–Kier alpha value is -3.52. The quantitative estimate of drug-likeness (QED) is 0.356. The molecule has 0 aliphatic carbocycles. The van der Waals surface area contributed by atoms with Crippen LogP contribution in [0.4, 0.5) is 5.69 Å². The highest BCUT2D eigenvalue weighted by atomic mass is 32.1. The fourth-order valence-electron chi connectivity index (χ4n) is 2.76. The van der Waals surface area contributed by atoms with Crippen LogP contribution in [-0.4, -0.2) is 31.1 Å². The molecule has 3 rings (SSSR count). The molecule has 0 saturated heterocycles. The summed E-state index contributed by atoms with van der Waals surface area (Å²) in [7, 11) is 2.46. The number of carbonyl (C=O) groups is 2. The van der Waals surface area contributed by atoms with Gasteiger partial charge in [-0.2, -0.15) is 0 Å². The topological polar surface area (TPSA) is 95.7 Å². The van der Waals surface area contributed by atoms with E-state index in [4.69, 9.17) is 9.47 Å². The number of rotatable bonds is 5. The summed E-state index contributed by atoms with van der Waals surface area (Å²) in [5.74, 6) is -1.35. The molecule has 0 spiro atoms. The maximum absolute atomic E-state index is 12.5. The first-order valence-corrected chi connectivity index (χ1v) is 8.93. The Bertz CT molecular complexity index is 1040. The van der Waals surface area contributed by atoms with Crippen LogP contribution < -0.4 is 0 Å². The van der Waals surface area contributed by atoms with Crippen molar-refractivity contribution < 1.29 is 24.0 Å². The van der Waals surface area contributed by atoms with E-state index in [-0.39, 0.29) is 16.8 Å².